The molecular formula is C20H17IrNO2-2. The van der Waals surface area contributed by atoms with Gasteiger partial charge in [-0.1, -0.05) is 17.2 Å². The van der Waals surface area contributed by atoms with E-state index in [9.17, 15) is 4.79 Å². The van der Waals surface area contributed by atoms with Crippen LogP contribution >= 0.6 is 0 Å². The summed E-state index contributed by atoms with van der Waals surface area (Å²) in [5.74, 6) is -0.935. The molecule has 2 aromatic carbocycles. The van der Waals surface area contributed by atoms with Crippen LogP contribution in [0, 0.1) is 26.0 Å². The van der Waals surface area contributed by atoms with E-state index in [-0.39, 0.29) is 25.7 Å². The molecule has 1 radical (unpaired) electrons. The third-order valence-electron chi connectivity index (χ3n) is 3.02. The number of aromatic nitrogens is 1. The molecule has 4 heteroatoms. The molecule has 0 aliphatic heterocycles. The molecule has 0 saturated carbocycles. The number of hydrogen-bond acceptors (Lipinski definition) is 2. The minimum Gasteiger partial charge on any atom is -0.521 e. The van der Waals surface area contributed by atoms with Crippen LogP contribution in [0.4, 0.5) is 0 Å². The van der Waals surface area contributed by atoms with Crippen LogP contribution in [-0.4, -0.2) is 16.1 Å². The van der Waals surface area contributed by atoms with E-state index in [4.69, 9.17) is 5.11 Å². The first-order valence-electron chi connectivity index (χ1n) is 7.18. The Hall–Kier alpha value is -2.29. The van der Waals surface area contributed by atoms with Crippen LogP contribution in [0.1, 0.15) is 21.6 Å². The van der Waals surface area contributed by atoms with Crippen molar-refractivity contribution in [3.8, 4) is 11.3 Å². The maximum absolute atomic E-state index is 10.2. The van der Waals surface area contributed by atoms with Crippen molar-refractivity contribution < 1.29 is 30.0 Å². The van der Waals surface area contributed by atoms with Gasteiger partial charge in [0.05, 0.1) is 0 Å². The maximum atomic E-state index is 10.2. The van der Waals surface area contributed by atoms with E-state index in [1.165, 1.54) is 11.6 Å². The van der Waals surface area contributed by atoms with Crippen LogP contribution in [0.3, 0.4) is 0 Å². The van der Waals surface area contributed by atoms with Gasteiger partial charge >= 0.3 is 0 Å². The fraction of sp³-hybridized carbons (Fsp3) is 0.100. The van der Waals surface area contributed by atoms with Crippen molar-refractivity contribution in [2.75, 3.05) is 0 Å². The Morgan fingerprint density at radius 1 is 1.00 bits per heavy atom. The Morgan fingerprint density at radius 2 is 1.67 bits per heavy atom. The number of carbonyl (C=O) groups is 1. The second kappa shape index (κ2) is 9.76. The number of aryl methyl sites for hydroxylation is 2. The van der Waals surface area contributed by atoms with Gasteiger partial charge in [-0.2, -0.15) is 0 Å². The summed E-state index contributed by atoms with van der Waals surface area (Å²) in [5.41, 5.74) is 4.56. The predicted molar refractivity (Wildman–Crippen MR) is 90.2 cm³/mol. The molecule has 0 fully saturated rings. The number of carboxylic acids is 1. The summed E-state index contributed by atoms with van der Waals surface area (Å²) in [5, 5.41) is 8.35. The van der Waals surface area contributed by atoms with Gasteiger partial charge in [-0.3, -0.25) is 0 Å². The zero-order chi connectivity index (χ0) is 16.7. The van der Waals surface area contributed by atoms with Gasteiger partial charge in [-0.05, 0) is 25.6 Å². The number of aromatic carboxylic acids is 1. The summed E-state index contributed by atoms with van der Waals surface area (Å²) in [6, 6.07) is 24.3. The van der Waals surface area contributed by atoms with E-state index in [2.05, 4.69) is 36.2 Å². The molecule has 3 rings (SSSR count). The maximum Gasteiger partial charge on any atom is 0.247 e. The van der Waals surface area contributed by atoms with Gasteiger partial charge < -0.3 is 14.9 Å². The van der Waals surface area contributed by atoms with Crippen LogP contribution in [-0.2, 0) is 20.1 Å². The number of hydrogen-bond donors (Lipinski definition) is 1. The third kappa shape index (κ3) is 6.07. The van der Waals surface area contributed by atoms with Crippen LogP contribution in [0.5, 0.6) is 0 Å². The van der Waals surface area contributed by atoms with E-state index < -0.39 is 5.97 Å². The molecule has 1 aromatic heterocycles. The van der Waals surface area contributed by atoms with Gasteiger partial charge in [0.15, 0.2) is 0 Å². The number of nitrogens with zero attached hydrogens (tertiary/aromatic N) is 1. The molecule has 0 spiro atoms. The molecule has 0 amide bonds. The first-order valence-corrected chi connectivity index (χ1v) is 7.18. The molecule has 0 atom stereocenters. The summed E-state index contributed by atoms with van der Waals surface area (Å²) in [6.45, 7) is 4.10. The molecule has 24 heavy (non-hydrogen) atoms. The standard InChI is InChI=1S/C13H12N.C7H5O2.Ir/c1-10-8-11(2)14-13(9-10)12-6-4-3-5-7-12;8-7(9)6-4-2-1-3-5-6;/h3-6,8-9H,1-2H3;1-4H,(H,8,9);/q2*-1;. The van der Waals surface area contributed by atoms with Crippen molar-refractivity contribution in [3.63, 3.8) is 0 Å². The van der Waals surface area contributed by atoms with Gasteiger partial charge in [0.2, 0.25) is 5.97 Å². The average molecular weight is 496 g/mol. The molecule has 0 unspecified atom stereocenters. The molecule has 3 nitrogen and oxygen atoms in total. The summed E-state index contributed by atoms with van der Waals surface area (Å²) in [7, 11) is 0. The van der Waals surface area contributed by atoms with Gasteiger partial charge in [-0.15, -0.1) is 66.2 Å². The fourth-order valence-corrected chi connectivity index (χ4v) is 2.06. The molecule has 1 N–H and O–H groups in total. The molecule has 1 heterocycles. The van der Waals surface area contributed by atoms with E-state index in [1.807, 2.05) is 31.2 Å². The van der Waals surface area contributed by atoms with Crippen molar-refractivity contribution in [1.29, 1.82) is 0 Å². The fourth-order valence-electron chi connectivity index (χ4n) is 2.06. The minimum absolute atomic E-state index is 0. The number of pyridine rings is 1. The van der Waals surface area contributed by atoms with E-state index >= 15 is 0 Å². The van der Waals surface area contributed by atoms with E-state index in [0.717, 1.165) is 17.0 Å². The summed E-state index contributed by atoms with van der Waals surface area (Å²) >= 11 is 0. The Bertz CT molecular complexity index is 754. The number of benzene rings is 2. The quantitative estimate of drug-likeness (QED) is 0.538. The van der Waals surface area contributed by atoms with Crippen molar-refractivity contribution in [3.05, 3.63) is 89.6 Å². The van der Waals surface area contributed by atoms with Gasteiger partial charge in [0.25, 0.3) is 0 Å². The van der Waals surface area contributed by atoms with Crippen molar-refractivity contribution in [2.45, 2.75) is 13.8 Å². The SMILES string of the molecule is Cc1cc(C)nc(-c2[c-]cccc2)c1.O=C(O)c1[c-]cccc1.[Ir]. The molecule has 3 aromatic rings. The smallest absolute Gasteiger partial charge is 0.247 e. The summed E-state index contributed by atoms with van der Waals surface area (Å²) in [6.07, 6.45) is 0. The second-order valence-corrected chi connectivity index (χ2v) is 5.03. The van der Waals surface area contributed by atoms with Crippen molar-refractivity contribution >= 4 is 5.97 Å². The van der Waals surface area contributed by atoms with Crippen LogP contribution in [0.25, 0.3) is 11.3 Å². The zero-order valence-electron chi connectivity index (χ0n) is 13.4. The van der Waals surface area contributed by atoms with E-state index in [1.54, 1.807) is 18.2 Å². The zero-order valence-corrected chi connectivity index (χ0v) is 15.8. The Labute approximate surface area is 155 Å². The Balaban J connectivity index is 0.000000252. The Morgan fingerprint density at radius 3 is 2.12 bits per heavy atom. The van der Waals surface area contributed by atoms with Crippen LogP contribution < -0.4 is 0 Å². The van der Waals surface area contributed by atoms with E-state index in [0.29, 0.717) is 0 Å². The normalized spacial score (nSPS) is 9.25. The monoisotopic (exact) mass is 496 g/mol. The topological polar surface area (TPSA) is 50.2 Å². The summed E-state index contributed by atoms with van der Waals surface area (Å²) < 4.78 is 0. The second-order valence-electron chi connectivity index (χ2n) is 5.03. The molecule has 0 aliphatic rings. The molecule has 0 bridgehead atoms. The van der Waals surface area contributed by atoms with Crippen molar-refractivity contribution in [2.24, 2.45) is 0 Å². The van der Waals surface area contributed by atoms with Gasteiger partial charge in [-0.25, -0.2) is 0 Å². The largest absolute Gasteiger partial charge is 0.521 e. The first-order chi connectivity index (χ1) is 11.1. The first kappa shape index (κ1) is 19.8. The Kier molecular flexibility index (Phi) is 8.03. The van der Waals surface area contributed by atoms with Crippen molar-refractivity contribution in [1.82, 2.24) is 4.98 Å². The van der Waals surface area contributed by atoms with Gasteiger partial charge in [0, 0.05) is 25.8 Å². The van der Waals surface area contributed by atoms with Gasteiger partial charge in [0.1, 0.15) is 0 Å². The average Bonchev–Trinajstić information content (AvgIpc) is 2.56. The van der Waals surface area contributed by atoms with Crippen LogP contribution in [0.15, 0.2) is 60.7 Å². The number of carboxylic acid groups (broad SMARTS) is 1. The molecule has 125 valence electrons. The number of rotatable bonds is 2. The molecular weight excluding hydrogens is 478 g/mol. The molecule has 0 saturated heterocycles. The molecule has 0 aliphatic carbocycles. The summed E-state index contributed by atoms with van der Waals surface area (Å²) in [4.78, 5) is 14.6. The third-order valence-corrected chi connectivity index (χ3v) is 3.02. The minimum atomic E-state index is -0.935. The van der Waals surface area contributed by atoms with Crippen LogP contribution in [0.2, 0.25) is 0 Å². The predicted octanol–water partition coefficient (Wildman–Crippen LogP) is 4.35.